The van der Waals surface area contributed by atoms with Gasteiger partial charge in [0.25, 0.3) is 0 Å². The number of anilines is 1. The van der Waals surface area contributed by atoms with Gasteiger partial charge in [0, 0.05) is 10.9 Å². The van der Waals surface area contributed by atoms with E-state index in [1.54, 1.807) is 0 Å². The average molecular weight is 336 g/mol. The summed E-state index contributed by atoms with van der Waals surface area (Å²) in [4.78, 5) is 7.74. The highest BCUT2D eigenvalue weighted by atomic mass is 35.5. The fraction of sp³-hybridized carbons (Fsp3) is 0.385. The van der Waals surface area contributed by atoms with Crippen molar-refractivity contribution in [2.24, 2.45) is 5.92 Å². The molecule has 0 amide bonds. The lowest BCUT2D eigenvalue weighted by Crippen LogP contribution is -2.18. The number of hydrogen-bond acceptors (Lipinski definition) is 4. The molecule has 0 aliphatic carbocycles. The summed E-state index contributed by atoms with van der Waals surface area (Å²) >= 11 is 7.19. The molecule has 1 unspecified atom stereocenters. The number of thiophene rings is 1. The SMILES string of the molecule is CC(C)C(Nc1cc(Cl)nc(C(F)(F)F)n1)c1cccs1. The van der Waals surface area contributed by atoms with E-state index in [2.05, 4.69) is 15.3 Å². The fourth-order valence-corrected chi connectivity index (χ4v) is 2.94. The lowest BCUT2D eigenvalue weighted by atomic mass is 10.0. The molecule has 0 aliphatic heterocycles. The van der Waals surface area contributed by atoms with Crippen molar-refractivity contribution in [2.75, 3.05) is 5.32 Å². The van der Waals surface area contributed by atoms with Crippen LogP contribution in [0.4, 0.5) is 19.0 Å². The first-order chi connectivity index (χ1) is 9.77. The first-order valence-electron chi connectivity index (χ1n) is 6.19. The van der Waals surface area contributed by atoms with E-state index in [4.69, 9.17) is 11.6 Å². The zero-order valence-corrected chi connectivity index (χ0v) is 12.9. The van der Waals surface area contributed by atoms with Crippen molar-refractivity contribution in [1.29, 1.82) is 0 Å². The molecule has 0 spiro atoms. The Hall–Kier alpha value is -1.34. The molecular formula is C13H13ClF3N3S. The molecule has 8 heteroatoms. The van der Waals surface area contributed by atoms with Gasteiger partial charge in [0.1, 0.15) is 11.0 Å². The monoisotopic (exact) mass is 335 g/mol. The van der Waals surface area contributed by atoms with Crippen LogP contribution in [0, 0.1) is 5.92 Å². The van der Waals surface area contributed by atoms with Crippen molar-refractivity contribution in [3.8, 4) is 0 Å². The Labute approximate surface area is 129 Å². The fourth-order valence-electron chi connectivity index (χ4n) is 1.81. The van der Waals surface area contributed by atoms with Crippen LogP contribution in [-0.2, 0) is 6.18 Å². The summed E-state index contributed by atoms with van der Waals surface area (Å²) in [5.74, 6) is -1.01. The second-order valence-corrected chi connectivity index (χ2v) is 6.15. The Kier molecular flexibility index (Phi) is 4.73. The molecule has 21 heavy (non-hydrogen) atoms. The summed E-state index contributed by atoms with van der Waals surface area (Å²) in [6.07, 6.45) is -4.63. The summed E-state index contributed by atoms with van der Waals surface area (Å²) in [5, 5.41) is 4.68. The van der Waals surface area contributed by atoms with E-state index in [0.29, 0.717) is 0 Å². The molecule has 0 aliphatic rings. The Morgan fingerprint density at radius 2 is 2.00 bits per heavy atom. The van der Waals surface area contributed by atoms with Crippen LogP contribution < -0.4 is 5.32 Å². The molecule has 2 rings (SSSR count). The molecule has 2 heterocycles. The summed E-state index contributed by atoms with van der Waals surface area (Å²) in [7, 11) is 0. The quantitative estimate of drug-likeness (QED) is 0.797. The Balaban J connectivity index is 2.31. The average Bonchev–Trinajstić information content (AvgIpc) is 2.87. The maximum absolute atomic E-state index is 12.7. The number of nitrogens with one attached hydrogen (secondary N) is 1. The minimum absolute atomic E-state index is 0.0643. The summed E-state index contributed by atoms with van der Waals surface area (Å²) in [5.41, 5.74) is 0. The molecule has 0 fully saturated rings. The zero-order chi connectivity index (χ0) is 15.6. The number of aromatic nitrogens is 2. The lowest BCUT2D eigenvalue weighted by Gasteiger charge is -2.22. The zero-order valence-electron chi connectivity index (χ0n) is 11.3. The minimum Gasteiger partial charge on any atom is -0.362 e. The molecule has 0 bridgehead atoms. The number of halogens is 4. The minimum atomic E-state index is -4.63. The molecule has 2 aromatic rings. The van der Waals surface area contributed by atoms with Crippen LogP contribution in [0.25, 0.3) is 0 Å². The highest BCUT2D eigenvalue weighted by molar-refractivity contribution is 7.10. The molecule has 0 radical (unpaired) electrons. The lowest BCUT2D eigenvalue weighted by molar-refractivity contribution is -0.144. The van der Waals surface area contributed by atoms with Crippen molar-refractivity contribution in [3.05, 3.63) is 39.4 Å². The summed E-state index contributed by atoms with van der Waals surface area (Å²) in [6.45, 7) is 3.95. The van der Waals surface area contributed by atoms with E-state index in [-0.39, 0.29) is 22.9 Å². The van der Waals surface area contributed by atoms with Gasteiger partial charge in [-0.1, -0.05) is 31.5 Å². The van der Waals surface area contributed by atoms with Crippen molar-refractivity contribution < 1.29 is 13.2 Å². The number of alkyl halides is 3. The molecule has 2 aromatic heterocycles. The maximum Gasteiger partial charge on any atom is 0.451 e. The third-order valence-electron chi connectivity index (χ3n) is 2.77. The first kappa shape index (κ1) is 16.0. The molecule has 114 valence electrons. The molecule has 3 nitrogen and oxygen atoms in total. The Bertz CT molecular complexity index is 599. The predicted octanol–water partition coefficient (Wildman–Crippen LogP) is 5.02. The van der Waals surface area contributed by atoms with E-state index in [9.17, 15) is 13.2 Å². The van der Waals surface area contributed by atoms with Gasteiger partial charge in [-0.05, 0) is 17.4 Å². The van der Waals surface area contributed by atoms with Crippen LogP contribution in [0.1, 0.15) is 30.6 Å². The largest absolute Gasteiger partial charge is 0.451 e. The van der Waals surface area contributed by atoms with Gasteiger partial charge in [0.2, 0.25) is 5.82 Å². The predicted molar refractivity (Wildman–Crippen MR) is 77.6 cm³/mol. The van der Waals surface area contributed by atoms with E-state index in [0.717, 1.165) is 4.88 Å². The normalized spacial score (nSPS) is 13.5. The van der Waals surface area contributed by atoms with Crippen LogP contribution in [0.2, 0.25) is 5.15 Å². The number of rotatable bonds is 4. The van der Waals surface area contributed by atoms with Crippen LogP contribution in [0.15, 0.2) is 23.6 Å². The van der Waals surface area contributed by atoms with Crippen LogP contribution in [0.3, 0.4) is 0 Å². The van der Waals surface area contributed by atoms with Gasteiger partial charge in [0.05, 0.1) is 6.04 Å². The smallest absolute Gasteiger partial charge is 0.362 e. The summed E-state index contributed by atoms with van der Waals surface area (Å²) in [6, 6.07) is 4.97. The van der Waals surface area contributed by atoms with Gasteiger partial charge in [-0.3, -0.25) is 0 Å². The van der Waals surface area contributed by atoms with Gasteiger partial charge >= 0.3 is 6.18 Å². The standard InChI is InChI=1S/C13H13ClF3N3S/c1-7(2)11(8-4-3-5-21-8)19-10-6-9(14)18-12(20-10)13(15,16)17/h3-7,11H,1-2H3,(H,18,19,20). The van der Waals surface area contributed by atoms with E-state index in [1.807, 2.05) is 31.4 Å². The Morgan fingerprint density at radius 1 is 1.29 bits per heavy atom. The third kappa shape index (κ3) is 4.07. The highest BCUT2D eigenvalue weighted by Gasteiger charge is 2.35. The second-order valence-electron chi connectivity index (χ2n) is 4.78. The van der Waals surface area contributed by atoms with Gasteiger partial charge in [-0.2, -0.15) is 13.2 Å². The van der Waals surface area contributed by atoms with Crippen LogP contribution in [0.5, 0.6) is 0 Å². The molecule has 0 aromatic carbocycles. The molecule has 0 saturated carbocycles. The van der Waals surface area contributed by atoms with Gasteiger partial charge < -0.3 is 5.32 Å². The second kappa shape index (κ2) is 6.19. The van der Waals surface area contributed by atoms with Gasteiger partial charge in [-0.25, -0.2) is 9.97 Å². The summed E-state index contributed by atoms with van der Waals surface area (Å²) < 4.78 is 38.1. The first-order valence-corrected chi connectivity index (χ1v) is 7.45. The van der Waals surface area contributed by atoms with E-state index < -0.39 is 12.0 Å². The molecule has 1 N–H and O–H groups in total. The van der Waals surface area contributed by atoms with Crippen molar-refractivity contribution >= 4 is 28.8 Å². The number of nitrogens with zero attached hydrogens (tertiary/aromatic N) is 2. The van der Waals surface area contributed by atoms with Crippen molar-refractivity contribution in [3.63, 3.8) is 0 Å². The van der Waals surface area contributed by atoms with Crippen LogP contribution >= 0.6 is 22.9 Å². The molecule has 0 saturated heterocycles. The van der Waals surface area contributed by atoms with E-state index >= 15 is 0 Å². The highest BCUT2D eigenvalue weighted by Crippen LogP contribution is 2.32. The number of hydrogen-bond donors (Lipinski definition) is 1. The third-order valence-corrected chi connectivity index (χ3v) is 3.92. The van der Waals surface area contributed by atoms with Gasteiger partial charge in [-0.15, -0.1) is 11.3 Å². The topological polar surface area (TPSA) is 37.8 Å². The van der Waals surface area contributed by atoms with E-state index in [1.165, 1.54) is 17.4 Å². The Morgan fingerprint density at radius 3 is 2.52 bits per heavy atom. The molecule has 1 atom stereocenters. The van der Waals surface area contributed by atoms with Crippen LogP contribution in [-0.4, -0.2) is 9.97 Å². The maximum atomic E-state index is 12.7. The molecular weight excluding hydrogens is 323 g/mol. The van der Waals surface area contributed by atoms with Crippen molar-refractivity contribution in [1.82, 2.24) is 9.97 Å². The van der Waals surface area contributed by atoms with Crippen molar-refractivity contribution in [2.45, 2.75) is 26.1 Å². The van der Waals surface area contributed by atoms with Gasteiger partial charge in [0.15, 0.2) is 0 Å².